The molecule has 3 aliphatic rings. The number of methoxy groups -OCH3 is 2. The average Bonchev–Trinajstić information content (AvgIpc) is 2.87. The zero-order chi connectivity index (χ0) is 26.0. The van der Waals surface area contributed by atoms with Crippen molar-refractivity contribution in [1.82, 2.24) is 4.90 Å². The van der Waals surface area contributed by atoms with Gasteiger partial charge in [-0.05, 0) is 89.5 Å². The van der Waals surface area contributed by atoms with Crippen molar-refractivity contribution in [2.24, 2.45) is 17.8 Å². The molecule has 3 heterocycles. The van der Waals surface area contributed by atoms with E-state index in [1.807, 2.05) is 14.2 Å². The topological polar surface area (TPSA) is 40.2 Å². The maximum atomic E-state index is 6.89. The molecule has 0 saturated carbocycles. The molecule has 210 valence electrons. The van der Waals surface area contributed by atoms with Gasteiger partial charge in [0.25, 0.3) is 0 Å². The summed E-state index contributed by atoms with van der Waals surface area (Å²) in [5.41, 5.74) is 1.55. The standard InChI is InChI=1S/C31H57NO4/c1-24-12-8-7-9-13-26(3)22-35-23-28-14-10-11-19-32(28)21-30(33-5)31(34-6)27(4)16-18-29(36-31)17-15-25(2)20-24/h12,25-30H,7-11,13-23H2,1-6H3. The second-order valence-corrected chi connectivity index (χ2v) is 12.4. The minimum Gasteiger partial charge on any atom is -0.380 e. The van der Waals surface area contributed by atoms with Gasteiger partial charge in [0.2, 0.25) is 0 Å². The highest BCUT2D eigenvalue weighted by atomic mass is 16.7. The molecule has 2 bridgehead atoms. The third-order valence-electron chi connectivity index (χ3n) is 9.17. The Kier molecular flexibility index (Phi) is 12.7. The largest absolute Gasteiger partial charge is 0.380 e. The van der Waals surface area contributed by atoms with Crippen molar-refractivity contribution < 1.29 is 18.9 Å². The van der Waals surface area contributed by atoms with Gasteiger partial charge in [0.05, 0.1) is 12.7 Å². The first-order chi connectivity index (χ1) is 17.4. The summed E-state index contributed by atoms with van der Waals surface area (Å²) >= 11 is 0. The number of piperidine rings is 1. The van der Waals surface area contributed by atoms with Gasteiger partial charge in [-0.3, -0.25) is 4.90 Å². The van der Waals surface area contributed by atoms with E-state index in [1.165, 1.54) is 57.8 Å². The average molecular weight is 508 g/mol. The normalized spacial score (nSPS) is 39.4. The number of nitrogens with zero attached hydrogens (tertiary/aromatic N) is 1. The molecule has 0 amide bonds. The predicted octanol–water partition coefficient (Wildman–Crippen LogP) is 6.99. The van der Waals surface area contributed by atoms with Crippen LogP contribution in [0.3, 0.4) is 0 Å². The fourth-order valence-electron chi connectivity index (χ4n) is 6.80. The number of hydrogen-bond acceptors (Lipinski definition) is 5. The second kappa shape index (κ2) is 15.2. The number of fused-ring (bicyclic) bond motifs is 3. The molecule has 0 aromatic rings. The summed E-state index contributed by atoms with van der Waals surface area (Å²) in [5.74, 6) is 0.915. The molecule has 2 fully saturated rings. The van der Waals surface area contributed by atoms with E-state index in [4.69, 9.17) is 18.9 Å². The molecule has 36 heavy (non-hydrogen) atoms. The molecule has 0 aliphatic carbocycles. The van der Waals surface area contributed by atoms with Crippen molar-refractivity contribution in [2.75, 3.05) is 40.5 Å². The molecule has 0 aromatic heterocycles. The van der Waals surface area contributed by atoms with E-state index >= 15 is 0 Å². The maximum absolute atomic E-state index is 6.89. The summed E-state index contributed by atoms with van der Waals surface area (Å²) in [6.45, 7) is 13.0. The molecule has 0 spiro atoms. The van der Waals surface area contributed by atoms with E-state index in [9.17, 15) is 0 Å². The summed E-state index contributed by atoms with van der Waals surface area (Å²) in [7, 11) is 3.65. The van der Waals surface area contributed by atoms with Gasteiger partial charge in [0.15, 0.2) is 5.79 Å². The minimum absolute atomic E-state index is 0.114. The molecule has 5 heteroatoms. The smallest absolute Gasteiger partial charge is 0.198 e. The Hall–Kier alpha value is -0.460. The Balaban J connectivity index is 1.76. The van der Waals surface area contributed by atoms with E-state index < -0.39 is 5.79 Å². The van der Waals surface area contributed by atoms with E-state index in [2.05, 4.69) is 38.7 Å². The first-order valence-electron chi connectivity index (χ1n) is 15.1. The van der Waals surface area contributed by atoms with E-state index in [0.29, 0.717) is 23.8 Å². The van der Waals surface area contributed by atoms with Crippen LogP contribution in [0.2, 0.25) is 0 Å². The van der Waals surface area contributed by atoms with Crippen molar-refractivity contribution >= 4 is 0 Å². The first-order valence-corrected chi connectivity index (χ1v) is 15.1. The number of hydrogen-bond donors (Lipinski definition) is 0. The minimum atomic E-state index is -0.688. The van der Waals surface area contributed by atoms with Gasteiger partial charge in [0.1, 0.15) is 6.10 Å². The highest BCUT2D eigenvalue weighted by molar-refractivity contribution is 4.99. The Morgan fingerprint density at radius 1 is 0.889 bits per heavy atom. The molecule has 0 aromatic carbocycles. The summed E-state index contributed by atoms with van der Waals surface area (Å²) in [4.78, 5) is 2.60. The van der Waals surface area contributed by atoms with E-state index in [1.54, 1.807) is 5.57 Å². The quantitative estimate of drug-likeness (QED) is 0.377. The van der Waals surface area contributed by atoms with Crippen LogP contribution in [0.4, 0.5) is 0 Å². The first kappa shape index (κ1) is 30.1. The lowest BCUT2D eigenvalue weighted by Gasteiger charge is -2.50. The van der Waals surface area contributed by atoms with Crippen LogP contribution in [0.15, 0.2) is 11.6 Å². The predicted molar refractivity (Wildman–Crippen MR) is 148 cm³/mol. The molecule has 0 radical (unpaired) electrons. The third-order valence-corrected chi connectivity index (χ3v) is 9.17. The highest BCUT2D eigenvalue weighted by Gasteiger charge is 2.50. The molecule has 0 N–H and O–H groups in total. The fourth-order valence-corrected chi connectivity index (χ4v) is 6.80. The summed E-state index contributed by atoms with van der Waals surface area (Å²) < 4.78 is 25.7. The van der Waals surface area contributed by atoms with Crippen LogP contribution in [0.5, 0.6) is 0 Å². The molecule has 7 atom stereocenters. The van der Waals surface area contributed by atoms with Crippen molar-refractivity contribution in [3.63, 3.8) is 0 Å². The Labute approximate surface area is 222 Å². The SMILES string of the molecule is COC1CN2CCCCC2COCC(C)CCCCC=C(C)CC(C)CCC2CCC(C)C1(OC)O2. The van der Waals surface area contributed by atoms with Gasteiger partial charge < -0.3 is 18.9 Å². The number of rotatable bonds is 2. The number of ether oxygens (including phenoxy) is 4. The van der Waals surface area contributed by atoms with Crippen molar-refractivity contribution in [3.8, 4) is 0 Å². The lowest BCUT2D eigenvalue weighted by Crippen LogP contribution is -2.61. The zero-order valence-electron chi connectivity index (χ0n) is 24.4. The molecule has 2 saturated heterocycles. The number of allylic oxidation sites excluding steroid dienone is 2. The summed E-state index contributed by atoms with van der Waals surface area (Å²) in [5, 5.41) is 0. The highest BCUT2D eigenvalue weighted by Crippen LogP contribution is 2.41. The van der Waals surface area contributed by atoms with Gasteiger partial charge in [-0.1, -0.05) is 45.3 Å². The van der Waals surface area contributed by atoms with Crippen LogP contribution < -0.4 is 0 Å². The van der Waals surface area contributed by atoms with Crippen LogP contribution in [-0.4, -0.2) is 69.5 Å². The van der Waals surface area contributed by atoms with Gasteiger partial charge in [-0.25, -0.2) is 0 Å². The van der Waals surface area contributed by atoms with Crippen molar-refractivity contribution in [1.29, 1.82) is 0 Å². The van der Waals surface area contributed by atoms with Crippen LogP contribution in [0.25, 0.3) is 0 Å². The fraction of sp³-hybridized carbons (Fsp3) is 0.935. The molecule has 5 nitrogen and oxygen atoms in total. The Morgan fingerprint density at radius 3 is 2.44 bits per heavy atom. The third kappa shape index (κ3) is 8.53. The Morgan fingerprint density at radius 2 is 1.67 bits per heavy atom. The monoisotopic (exact) mass is 507 g/mol. The van der Waals surface area contributed by atoms with Gasteiger partial charge >= 0.3 is 0 Å². The molecule has 7 unspecified atom stereocenters. The van der Waals surface area contributed by atoms with Crippen LogP contribution >= 0.6 is 0 Å². The van der Waals surface area contributed by atoms with Crippen LogP contribution in [0, 0.1) is 17.8 Å². The molecule has 3 aliphatic heterocycles. The van der Waals surface area contributed by atoms with Crippen molar-refractivity contribution in [2.45, 2.75) is 129 Å². The van der Waals surface area contributed by atoms with Gasteiger partial charge in [-0.15, -0.1) is 0 Å². The van der Waals surface area contributed by atoms with E-state index in [0.717, 1.165) is 45.6 Å². The van der Waals surface area contributed by atoms with Gasteiger partial charge in [-0.2, -0.15) is 0 Å². The second-order valence-electron chi connectivity index (χ2n) is 12.4. The molecular weight excluding hydrogens is 450 g/mol. The summed E-state index contributed by atoms with van der Waals surface area (Å²) in [6, 6.07) is 0.454. The zero-order valence-corrected chi connectivity index (χ0v) is 24.4. The maximum Gasteiger partial charge on any atom is 0.198 e. The van der Waals surface area contributed by atoms with Crippen LogP contribution in [0.1, 0.15) is 105 Å². The van der Waals surface area contributed by atoms with Gasteiger partial charge in [0, 0.05) is 39.3 Å². The van der Waals surface area contributed by atoms with E-state index in [-0.39, 0.29) is 12.2 Å². The van der Waals surface area contributed by atoms with Crippen molar-refractivity contribution in [3.05, 3.63) is 11.6 Å². The lowest BCUT2D eigenvalue weighted by atomic mass is 9.84. The lowest BCUT2D eigenvalue weighted by molar-refractivity contribution is -0.338. The Bertz CT molecular complexity index is 654. The summed E-state index contributed by atoms with van der Waals surface area (Å²) in [6.07, 6.45) is 17.1. The van der Waals surface area contributed by atoms with Crippen LogP contribution in [-0.2, 0) is 18.9 Å². The molecule has 3 rings (SSSR count). The molecular formula is C31H57NO4.